The number of sulfonamides is 1. The molecule has 0 saturated carbocycles. The zero-order chi connectivity index (χ0) is 21.7. The minimum absolute atomic E-state index is 0.0552. The van der Waals surface area contributed by atoms with E-state index in [-0.39, 0.29) is 15.5 Å². The number of methoxy groups -OCH3 is 2. The number of nitrogens with one attached hydrogen (secondary N) is 1. The zero-order valence-corrected chi connectivity index (χ0v) is 18.6. The predicted octanol–water partition coefficient (Wildman–Crippen LogP) is 4.17. The van der Waals surface area contributed by atoms with E-state index in [2.05, 4.69) is 5.32 Å². The Morgan fingerprint density at radius 3 is 2.33 bits per heavy atom. The first-order chi connectivity index (χ1) is 14.4. The predicted molar refractivity (Wildman–Crippen MR) is 116 cm³/mol. The van der Waals surface area contributed by atoms with Gasteiger partial charge >= 0.3 is 0 Å². The van der Waals surface area contributed by atoms with Crippen LogP contribution in [0.5, 0.6) is 11.5 Å². The van der Waals surface area contributed by atoms with Crippen molar-refractivity contribution in [2.45, 2.75) is 30.6 Å². The second kappa shape index (κ2) is 9.68. The molecular weight excluding hydrogens is 428 g/mol. The SMILES string of the molecule is COc1ccc(NC(=O)c2ccc(Cl)c(S(=O)(=O)N3CCCCCC3)c2)c(OC)c1. The van der Waals surface area contributed by atoms with Crippen LogP contribution in [0.15, 0.2) is 41.3 Å². The maximum atomic E-state index is 13.1. The zero-order valence-electron chi connectivity index (χ0n) is 17.0. The molecule has 1 aliphatic heterocycles. The van der Waals surface area contributed by atoms with Gasteiger partial charge in [0.25, 0.3) is 5.91 Å². The van der Waals surface area contributed by atoms with Crippen LogP contribution in [-0.2, 0) is 10.0 Å². The Balaban J connectivity index is 1.88. The van der Waals surface area contributed by atoms with Crippen LogP contribution in [0.4, 0.5) is 5.69 Å². The Bertz CT molecular complexity index is 1020. The minimum atomic E-state index is -3.79. The number of ether oxygens (including phenoxy) is 2. The van der Waals surface area contributed by atoms with Crippen molar-refractivity contribution in [2.24, 2.45) is 0 Å². The third-order valence-corrected chi connectivity index (χ3v) is 7.41. The number of hydrogen-bond acceptors (Lipinski definition) is 5. The largest absolute Gasteiger partial charge is 0.497 e. The fourth-order valence-corrected chi connectivity index (χ4v) is 5.38. The highest BCUT2D eigenvalue weighted by molar-refractivity contribution is 7.89. The van der Waals surface area contributed by atoms with E-state index in [4.69, 9.17) is 21.1 Å². The van der Waals surface area contributed by atoms with Gasteiger partial charge in [-0.2, -0.15) is 4.31 Å². The van der Waals surface area contributed by atoms with Gasteiger partial charge in [0.2, 0.25) is 10.0 Å². The van der Waals surface area contributed by atoms with Crippen molar-refractivity contribution in [1.82, 2.24) is 4.31 Å². The summed E-state index contributed by atoms with van der Waals surface area (Å²) < 4.78 is 38.2. The summed E-state index contributed by atoms with van der Waals surface area (Å²) in [7, 11) is -0.767. The summed E-state index contributed by atoms with van der Waals surface area (Å²) in [6, 6.07) is 9.25. The molecule has 9 heteroatoms. The number of anilines is 1. The van der Waals surface area contributed by atoms with Crippen LogP contribution in [-0.4, -0.2) is 45.9 Å². The Kier molecular flexibility index (Phi) is 7.23. The van der Waals surface area contributed by atoms with E-state index in [9.17, 15) is 13.2 Å². The first-order valence-electron chi connectivity index (χ1n) is 9.70. The molecule has 0 spiro atoms. The quantitative estimate of drug-likeness (QED) is 0.710. The fourth-order valence-electron chi connectivity index (χ4n) is 3.36. The lowest BCUT2D eigenvalue weighted by atomic mass is 10.2. The van der Waals surface area contributed by atoms with E-state index in [1.807, 2.05) is 0 Å². The highest BCUT2D eigenvalue weighted by Gasteiger charge is 2.28. The maximum Gasteiger partial charge on any atom is 0.255 e. The topological polar surface area (TPSA) is 84.9 Å². The molecule has 162 valence electrons. The molecule has 0 aliphatic carbocycles. The van der Waals surface area contributed by atoms with Gasteiger partial charge in [0.05, 0.1) is 24.9 Å². The second-order valence-electron chi connectivity index (χ2n) is 6.98. The highest BCUT2D eigenvalue weighted by atomic mass is 35.5. The number of benzene rings is 2. The molecule has 0 aromatic heterocycles. The van der Waals surface area contributed by atoms with Crippen LogP contribution in [0.3, 0.4) is 0 Å². The van der Waals surface area contributed by atoms with Gasteiger partial charge in [0.1, 0.15) is 16.4 Å². The number of hydrogen-bond donors (Lipinski definition) is 1. The Morgan fingerprint density at radius 2 is 1.70 bits per heavy atom. The van der Waals surface area contributed by atoms with Gasteiger partial charge in [-0.25, -0.2) is 8.42 Å². The summed E-state index contributed by atoms with van der Waals surface area (Å²) in [5, 5.41) is 2.84. The van der Waals surface area contributed by atoms with E-state index in [1.165, 1.54) is 36.7 Å². The van der Waals surface area contributed by atoms with Crippen molar-refractivity contribution in [2.75, 3.05) is 32.6 Å². The summed E-state index contributed by atoms with van der Waals surface area (Å²) in [6.45, 7) is 0.913. The smallest absolute Gasteiger partial charge is 0.255 e. The van der Waals surface area contributed by atoms with Crippen LogP contribution in [0.25, 0.3) is 0 Å². The van der Waals surface area contributed by atoms with E-state index >= 15 is 0 Å². The van der Waals surface area contributed by atoms with Crippen molar-refractivity contribution in [3.8, 4) is 11.5 Å². The van der Waals surface area contributed by atoms with Gasteiger partial charge in [-0.05, 0) is 43.2 Å². The molecule has 2 aromatic rings. The van der Waals surface area contributed by atoms with Crippen LogP contribution in [0.1, 0.15) is 36.0 Å². The van der Waals surface area contributed by atoms with Crippen LogP contribution < -0.4 is 14.8 Å². The highest BCUT2D eigenvalue weighted by Crippen LogP contribution is 2.31. The molecule has 0 bridgehead atoms. The van der Waals surface area contributed by atoms with Crippen molar-refractivity contribution < 1.29 is 22.7 Å². The first kappa shape index (κ1) is 22.4. The van der Waals surface area contributed by atoms with Crippen molar-refractivity contribution >= 4 is 33.2 Å². The van der Waals surface area contributed by atoms with Gasteiger partial charge in [0.15, 0.2) is 0 Å². The monoisotopic (exact) mass is 452 g/mol. The molecular formula is C21H25ClN2O5S. The molecule has 1 aliphatic rings. The summed E-state index contributed by atoms with van der Waals surface area (Å²) in [5.41, 5.74) is 0.626. The third-order valence-electron chi connectivity index (χ3n) is 5.03. The molecule has 1 fully saturated rings. The molecule has 0 atom stereocenters. The molecule has 1 amide bonds. The summed E-state index contributed by atoms with van der Waals surface area (Å²) >= 11 is 6.22. The molecule has 2 aromatic carbocycles. The Hall–Kier alpha value is -2.29. The van der Waals surface area contributed by atoms with Gasteiger partial charge in [-0.1, -0.05) is 24.4 Å². The van der Waals surface area contributed by atoms with Crippen LogP contribution >= 0.6 is 11.6 Å². The van der Waals surface area contributed by atoms with Crippen LogP contribution in [0, 0.1) is 0 Å². The lowest BCUT2D eigenvalue weighted by molar-refractivity contribution is 0.102. The summed E-state index contributed by atoms with van der Waals surface area (Å²) in [5.74, 6) is 0.540. The lowest BCUT2D eigenvalue weighted by Gasteiger charge is -2.21. The number of rotatable bonds is 6. The molecule has 0 radical (unpaired) electrons. The summed E-state index contributed by atoms with van der Waals surface area (Å²) in [4.78, 5) is 12.8. The number of carbonyl (C=O) groups is 1. The fraction of sp³-hybridized carbons (Fsp3) is 0.381. The third kappa shape index (κ3) is 4.88. The van der Waals surface area contributed by atoms with Gasteiger partial charge in [0, 0.05) is 24.7 Å². The van der Waals surface area contributed by atoms with Gasteiger partial charge in [-0.15, -0.1) is 0 Å². The molecule has 0 unspecified atom stereocenters. The normalized spacial score (nSPS) is 15.3. The average molecular weight is 453 g/mol. The van der Waals surface area contributed by atoms with Crippen molar-refractivity contribution in [3.05, 3.63) is 47.0 Å². The molecule has 7 nitrogen and oxygen atoms in total. The van der Waals surface area contributed by atoms with Crippen molar-refractivity contribution in [1.29, 1.82) is 0 Å². The van der Waals surface area contributed by atoms with E-state index in [0.717, 1.165) is 25.7 Å². The maximum absolute atomic E-state index is 13.1. The summed E-state index contributed by atoms with van der Waals surface area (Å²) in [6.07, 6.45) is 3.64. The molecule has 1 saturated heterocycles. The van der Waals surface area contributed by atoms with E-state index < -0.39 is 15.9 Å². The molecule has 3 rings (SSSR count). The second-order valence-corrected chi connectivity index (χ2v) is 9.30. The Morgan fingerprint density at radius 1 is 1.00 bits per heavy atom. The Labute approximate surface area is 182 Å². The lowest BCUT2D eigenvalue weighted by Crippen LogP contribution is -2.32. The average Bonchev–Trinajstić information content (AvgIpc) is 3.04. The number of amides is 1. The van der Waals surface area contributed by atoms with Crippen molar-refractivity contribution in [3.63, 3.8) is 0 Å². The van der Waals surface area contributed by atoms with Gasteiger partial charge in [-0.3, -0.25) is 4.79 Å². The standard InChI is InChI=1S/C21H25ClN2O5S/c1-28-16-8-10-18(19(14-16)29-2)23-21(25)15-7-9-17(22)20(13-15)30(26,27)24-11-5-3-4-6-12-24/h7-10,13-14H,3-6,11-12H2,1-2H3,(H,23,25). The number of nitrogens with zero attached hydrogens (tertiary/aromatic N) is 1. The number of halogens is 1. The van der Waals surface area contributed by atoms with E-state index in [0.29, 0.717) is 30.3 Å². The minimum Gasteiger partial charge on any atom is -0.497 e. The van der Waals surface area contributed by atoms with Gasteiger partial charge < -0.3 is 14.8 Å². The number of carbonyl (C=O) groups excluding carboxylic acids is 1. The molecule has 30 heavy (non-hydrogen) atoms. The molecule has 1 heterocycles. The van der Waals surface area contributed by atoms with Crippen LogP contribution in [0.2, 0.25) is 5.02 Å². The van der Waals surface area contributed by atoms with E-state index in [1.54, 1.807) is 18.2 Å². The first-order valence-corrected chi connectivity index (χ1v) is 11.5. The molecule has 1 N–H and O–H groups in total.